The molecule has 6 heteroatoms. The van der Waals surface area contributed by atoms with Gasteiger partial charge in [0.15, 0.2) is 5.82 Å². The van der Waals surface area contributed by atoms with Crippen molar-refractivity contribution in [2.75, 3.05) is 0 Å². The van der Waals surface area contributed by atoms with Crippen molar-refractivity contribution in [1.82, 2.24) is 20.1 Å². The van der Waals surface area contributed by atoms with Gasteiger partial charge in [-0.05, 0) is 6.42 Å². The summed E-state index contributed by atoms with van der Waals surface area (Å²) in [6, 6.07) is -0.441. The predicted molar refractivity (Wildman–Crippen MR) is 51.1 cm³/mol. The Morgan fingerprint density at radius 1 is 1.79 bits per heavy atom. The summed E-state index contributed by atoms with van der Waals surface area (Å²) < 4.78 is 1.75. The van der Waals surface area contributed by atoms with Crippen LogP contribution in [0.5, 0.6) is 0 Å². The zero-order chi connectivity index (χ0) is 10.6. The first-order chi connectivity index (χ1) is 6.65. The highest BCUT2D eigenvalue weighted by molar-refractivity contribution is 5.81. The van der Waals surface area contributed by atoms with Crippen molar-refractivity contribution in [3.8, 4) is 0 Å². The number of nitrogens with zero attached hydrogens (tertiary/aromatic N) is 3. The van der Waals surface area contributed by atoms with E-state index in [1.54, 1.807) is 10.9 Å². The molecule has 0 saturated carbocycles. The maximum absolute atomic E-state index is 11.3. The van der Waals surface area contributed by atoms with Gasteiger partial charge in [0.25, 0.3) is 0 Å². The SMILES string of the molecule is CCC(N)C(=O)NCc1nncn1C. The van der Waals surface area contributed by atoms with Gasteiger partial charge in [0.05, 0.1) is 12.6 Å². The number of hydrogen-bond donors (Lipinski definition) is 2. The molecule has 0 bridgehead atoms. The van der Waals surface area contributed by atoms with Crippen molar-refractivity contribution in [1.29, 1.82) is 0 Å². The standard InChI is InChI=1S/C8H15N5O/c1-3-6(9)8(14)10-4-7-12-11-5-13(7)2/h5-6H,3-4,9H2,1-2H3,(H,10,14). The molecule has 0 radical (unpaired) electrons. The summed E-state index contributed by atoms with van der Waals surface area (Å²) in [6.07, 6.45) is 2.21. The molecular weight excluding hydrogens is 182 g/mol. The van der Waals surface area contributed by atoms with Gasteiger partial charge in [0, 0.05) is 7.05 Å². The highest BCUT2D eigenvalue weighted by Crippen LogP contribution is 1.91. The van der Waals surface area contributed by atoms with E-state index in [1.165, 1.54) is 0 Å². The minimum Gasteiger partial charge on any atom is -0.347 e. The van der Waals surface area contributed by atoms with Gasteiger partial charge in [0.1, 0.15) is 6.33 Å². The molecule has 6 nitrogen and oxygen atoms in total. The third kappa shape index (κ3) is 2.53. The van der Waals surface area contributed by atoms with Gasteiger partial charge in [-0.3, -0.25) is 4.79 Å². The highest BCUT2D eigenvalue weighted by atomic mass is 16.2. The fourth-order valence-corrected chi connectivity index (χ4v) is 0.950. The lowest BCUT2D eigenvalue weighted by Crippen LogP contribution is -2.40. The lowest BCUT2D eigenvalue weighted by molar-refractivity contribution is -0.122. The Hall–Kier alpha value is -1.43. The van der Waals surface area contributed by atoms with Crippen LogP contribution in [-0.2, 0) is 18.4 Å². The van der Waals surface area contributed by atoms with Gasteiger partial charge in [-0.25, -0.2) is 0 Å². The molecular formula is C8H15N5O. The summed E-state index contributed by atoms with van der Waals surface area (Å²) in [4.78, 5) is 11.3. The van der Waals surface area contributed by atoms with E-state index in [-0.39, 0.29) is 5.91 Å². The maximum atomic E-state index is 11.3. The molecule has 0 aromatic carbocycles. The molecule has 0 aliphatic heterocycles. The molecule has 3 N–H and O–H groups in total. The van der Waals surface area contributed by atoms with Crippen LogP contribution in [0.4, 0.5) is 0 Å². The molecule has 1 rings (SSSR count). The van der Waals surface area contributed by atoms with Gasteiger partial charge in [-0.1, -0.05) is 6.92 Å². The fourth-order valence-electron chi connectivity index (χ4n) is 0.950. The van der Waals surface area contributed by atoms with Crippen molar-refractivity contribution in [3.63, 3.8) is 0 Å². The van der Waals surface area contributed by atoms with Gasteiger partial charge in [-0.2, -0.15) is 0 Å². The lowest BCUT2D eigenvalue weighted by atomic mass is 10.2. The van der Waals surface area contributed by atoms with Crippen LogP contribution in [0.25, 0.3) is 0 Å². The van der Waals surface area contributed by atoms with Crippen molar-refractivity contribution in [2.45, 2.75) is 25.9 Å². The van der Waals surface area contributed by atoms with Crippen LogP contribution in [0.1, 0.15) is 19.2 Å². The van der Waals surface area contributed by atoms with E-state index in [0.717, 1.165) is 0 Å². The molecule has 1 amide bonds. The maximum Gasteiger partial charge on any atom is 0.237 e. The van der Waals surface area contributed by atoms with Gasteiger partial charge >= 0.3 is 0 Å². The number of carbonyl (C=O) groups excluding carboxylic acids is 1. The lowest BCUT2D eigenvalue weighted by Gasteiger charge is -2.08. The average molecular weight is 197 g/mol. The molecule has 0 aliphatic rings. The van der Waals surface area contributed by atoms with E-state index >= 15 is 0 Å². The van der Waals surface area contributed by atoms with E-state index in [9.17, 15) is 4.79 Å². The Balaban J connectivity index is 2.41. The minimum atomic E-state index is -0.441. The van der Waals surface area contributed by atoms with Gasteiger partial charge < -0.3 is 15.6 Å². The molecule has 14 heavy (non-hydrogen) atoms. The summed E-state index contributed by atoms with van der Waals surface area (Å²) in [5.41, 5.74) is 5.54. The van der Waals surface area contributed by atoms with E-state index in [1.807, 2.05) is 14.0 Å². The summed E-state index contributed by atoms with van der Waals surface area (Å²) in [6.45, 7) is 2.23. The second-order valence-electron chi connectivity index (χ2n) is 3.09. The topological polar surface area (TPSA) is 85.8 Å². The van der Waals surface area contributed by atoms with Crippen LogP contribution in [0.15, 0.2) is 6.33 Å². The fraction of sp³-hybridized carbons (Fsp3) is 0.625. The first-order valence-corrected chi connectivity index (χ1v) is 4.51. The molecule has 1 aromatic rings. The monoisotopic (exact) mass is 197 g/mol. The molecule has 0 spiro atoms. The zero-order valence-electron chi connectivity index (χ0n) is 8.40. The molecule has 1 atom stereocenters. The van der Waals surface area contributed by atoms with E-state index in [2.05, 4.69) is 15.5 Å². The predicted octanol–water partition coefficient (Wildman–Crippen LogP) is -0.831. The average Bonchev–Trinajstić information content (AvgIpc) is 2.59. The number of aromatic nitrogens is 3. The van der Waals surface area contributed by atoms with E-state index in [0.29, 0.717) is 18.8 Å². The molecule has 0 aliphatic carbocycles. The summed E-state index contributed by atoms with van der Waals surface area (Å²) in [7, 11) is 1.82. The van der Waals surface area contributed by atoms with Crippen molar-refractivity contribution < 1.29 is 4.79 Å². The third-order valence-electron chi connectivity index (χ3n) is 2.00. The highest BCUT2D eigenvalue weighted by Gasteiger charge is 2.11. The molecule has 0 fully saturated rings. The number of aryl methyl sites for hydroxylation is 1. The quantitative estimate of drug-likeness (QED) is 0.659. The number of hydrogen-bond acceptors (Lipinski definition) is 4. The zero-order valence-corrected chi connectivity index (χ0v) is 8.40. The van der Waals surface area contributed by atoms with Crippen molar-refractivity contribution >= 4 is 5.91 Å². The first kappa shape index (κ1) is 10.6. The number of carbonyl (C=O) groups is 1. The number of rotatable bonds is 4. The van der Waals surface area contributed by atoms with Crippen LogP contribution < -0.4 is 11.1 Å². The van der Waals surface area contributed by atoms with Crippen LogP contribution in [0.2, 0.25) is 0 Å². The molecule has 1 heterocycles. The molecule has 0 saturated heterocycles. The van der Waals surface area contributed by atoms with Crippen LogP contribution in [0, 0.1) is 0 Å². The summed E-state index contributed by atoms with van der Waals surface area (Å²) in [5.74, 6) is 0.553. The molecule has 1 aromatic heterocycles. The normalized spacial score (nSPS) is 12.5. The minimum absolute atomic E-state index is 0.157. The Bertz CT molecular complexity index is 308. The van der Waals surface area contributed by atoms with E-state index < -0.39 is 6.04 Å². The van der Waals surface area contributed by atoms with Gasteiger partial charge in [0.2, 0.25) is 5.91 Å². The van der Waals surface area contributed by atoms with Crippen LogP contribution in [-0.4, -0.2) is 26.7 Å². The largest absolute Gasteiger partial charge is 0.347 e. The smallest absolute Gasteiger partial charge is 0.237 e. The number of nitrogens with two attached hydrogens (primary N) is 1. The summed E-state index contributed by atoms with van der Waals surface area (Å²) in [5, 5.41) is 10.2. The Morgan fingerprint density at radius 2 is 2.50 bits per heavy atom. The van der Waals surface area contributed by atoms with E-state index in [4.69, 9.17) is 5.73 Å². The van der Waals surface area contributed by atoms with Crippen LogP contribution >= 0.6 is 0 Å². The first-order valence-electron chi connectivity index (χ1n) is 4.51. The number of nitrogens with one attached hydrogen (secondary N) is 1. The Kier molecular flexibility index (Phi) is 3.58. The Morgan fingerprint density at radius 3 is 3.00 bits per heavy atom. The van der Waals surface area contributed by atoms with Gasteiger partial charge in [-0.15, -0.1) is 10.2 Å². The summed E-state index contributed by atoms with van der Waals surface area (Å²) >= 11 is 0. The van der Waals surface area contributed by atoms with Crippen molar-refractivity contribution in [2.24, 2.45) is 12.8 Å². The number of amides is 1. The molecule has 1 unspecified atom stereocenters. The van der Waals surface area contributed by atoms with Crippen molar-refractivity contribution in [3.05, 3.63) is 12.2 Å². The van der Waals surface area contributed by atoms with Crippen LogP contribution in [0.3, 0.4) is 0 Å². The molecule has 78 valence electrons. The Labute approximate surface area is 82.5 Å². The second kappa shape index (κ2) is 4.71. The second-order valence-corrected chi connectivity index (χ2v) is 3.09. The third-order valence-corrected chi connectivity index (χ3v) is 2.00.